The van der Waals surface area contributed by atoms with Gasteiger partial charge in [0.05, 0.1) is 0 Å². The highest BCUT2D eigenvalue weighted by atomic mass is 79.9. The van der Waals surface area contributed by atoms with E-state index in [0.29, 0.717) is 0 Å². The van der Waals surface area contributed by atoms with Gasteiger partial charge in [-0.1, -0.05) is 28.1 Å². The number of aryl methyl sites for hydroxylation is 1. The van der Waals surface area contributed by atoms with Gasteiger partial charge in [-0.25, -0.2) is 0 Å². The summed E-state index contributed by atoms with van der Waals surface area (Å²) in [6, 6.07) is 3.69. The molecule has 0 saturated heterocycles. The number of nitrogens with zero attached hydrogens (tertiary/aromatic N) is 1. The van der Waals surface area contributed by atoms with Gasteiger partial charge in [-0.05, 0) is 25.0 Å². The van der Waals surface area contributed by atoms with Gasteiger partial charge in [0.15, 0.2) is 0 Å². The molecular formula is C9H10BrNO2. The topological polar surface area (TPSA) is 43.1 Å². The summed E-state index contributed by atoms with van der Waals surface area (Å²) in [5, 5.41) is 10.3. The van der Waals surface area contributed by atoms with E-state index in [9.17, 15) is 10.1 Å². The molecule has 4 heteroatoms. The molecule has 0 atom stereocenters. The first-order chi connectivity index (χ1) is 6.02. The van der Waals surface area contributed by atoms with E-state index >= 15 is 0 Å². The van der Waals surface area contributed by atoms with E-state index in [1.807, 2.05) is 19.9 Å². The molecule has 0 aliphatic carbocycles. The summed E-state index contributed by atoms with van der Waals surface area (Å²) in [5.74, 6) is 0. The van der Waals surface area contributed by atoms with Crippen LogP contribution < -0.4 is 0 Å². The molecule has 0 aliphatic rings. The van der Waals surface area contributed by atoms with Crippen LogP contribution in [-0.2, 0) is 6.54 Å². The van der Waals surface area contributed by atoms with Crippen molar-refractivity contribution in [1.29, 1.82) is 0 Å². The average molecular weight is 244 g/mol. The van der Waals surface area contributed by atoms with Crippen LogP contribution in [0.4, 0.5) is 0 Å². The Morgan fingerprint density at radius 2 is 2.08 bits per heavy atom. The molecule has 0 fully saturated rings. The van der Waals surface area contributed by atoms with Crippen LogP contribution in [0.2, 0.25) is 0 Å². The summed E-state index contributed by atoms with van der Waals surface area (Å²) in [5.41, 5.74) is 2.82. The number of hydrogen-bond donors (Lipinski definition) is 0. The monoisotopic (exact) mass is 243 g/mol. The predicted molar refractivity (Wildman–Crippen MR) is 54.3 cm³/mol. The molecule has 0 unspecified atom stereocenters. The van der Waals surface area contributed by atoms with Gasteiger partial charge in [-0.2, -0.15) is 0 Å². The fourth-order valence-corrected chi connectivity index (χ4v) is 1.56. The second kappa shape index (κ2) is 3.87. The van der Waals surface area contributed by atoms with Crippen molar-refractivity contribution in [2.24, 2.45) is 0 Å². The lowest BCUT2D eigenvalue weighted by atomic mass is 10.1. The fraction of sp³-hybridized carbons (Fsp3) is 0.333. The lowest BCUT2D eigenvalue weighted by Gasteiger charge is -2.06. The first-order valence-corrected chi connectivity index (χ1v) is 4.68. The maximum atomic E-state index is 10.3. The number of rotatable bonds is 2. The first-order valence-electron chi connectivity index (χ1n) is 3.88. The van der Waals surface area contributed by atoms with Crippen molar-refractivity contribution in [3.63, 3.8) is 0 Å². The SMILES string of the molecule is Cc1ccc(C[N+](=O)[O-])c(C)c1Br. The van der Waals surface area contributed by atoms with Crippen molar-refractivity contribution < 1.29 is 4.92 Å². The lowest BCUT2D eigenvalue weighted by molar-refractivity contribution is -0.496. The van der Waals surface area contributed by atoms with Crippen LogP contribution in [0, 0.1) is 24.0 Å². The third-order valence-electron chi connectivity index (χ3n) is 1.99. The minimum Gasteiger partial charge on any atom is -0.264 e. The molecule has 0 bridgehead atoms. The first kappa shape index (κ1) is 10.2. The van der Waals surface area contributed by atoms with Crippen molar-refractivity contribution in [2.75, 3.05) is 0 Å². The summed E-state index contributed by atoms with van der Waals surface area (Å²) < 4.78 is 0.965. The Balaban J connectivity index is 3.10. The second-order valence-corrected chi connectivity index (χ2v) is 3.76. The molecule has 0 saturated carbocycles. The average Bonchev–Trinajstić information content (AvgIpc) is 2.06. The number of halogens is 1. The highest BCUT2D eigenvalue weighted by Crippen LogP contribution is 2.24. The van der Waals surface area contributed by atoms with Crippen molar-refractivity contribution >= 4 is 15.9 Å². The van der Waals surface area contributed by atoms with E-state index in [4.69, 9.17) is 0 Å². The van der Waals surface area contributed by atoms with Gasteiger partial charge >= 0.3 is 0 Å². The highest BCUT2D eigenvalue weighted by molar-refractivity contribution is 9.10. The molecule has 0 N–H and O–H groups in total. The van der Waals surface area contributed by atoms with Gasteiger partial charge in [-0.15, -0.1) is 0 Å². The Hall–Kier alpha value is -0.900. The quantitative estimate of drug-likeness (QED) is 0.593. The lowest BCUT2D eigenvalue weighted by Crippen LogP contribution is -2.01. The maximum Gasteiger partial charge on any atom is 0.229 e. The molecular weight excluding hydrogens is 234 g/mol. The van der Waals surface area contributed by atoms with Crippen LogP contribution in [0.3, 0.4) is 0 Å². The molecule has 0 spiro atoms. The summed E-state index contributed by atoms with van der Waals surface area (Å²) in [6.45, 7) is 3.74. The Bertz CT molecular complexity index is 350. The predicted octanol–water partition coefficient (Wildman–Crippen LogP) is 2.84. The fourth-order valence-electron chi connectivity index (χ4n) is 1.17. The van der Waals surface area contributed by atoms with Crippen molar-refractivity contribution in [1.82, 2.24) is 0 Å². The maximum absolute atomic E-state index is 10.3. The van der Waals surface area contributed by atoms with E-state index in [-0.39, 0.29) is 11.5 Å². The molecule has 0 amide bonds. The van der Waals surface area contributed by atoms with E-state index in [0.717, 1.165) is 21.2 Å². The molecule has 0 heterocycles. The number of benzene rings is 1. The van der Waals surface area contributed by atoms with Gasteiger partial charge in [0, 0.05) is 15.0 Å². The van der Waals surface area contributed by atoms with Crippen molar-refractivity contribution in [2.45, 2.75) is 20.4 Å². The molecule has 70 valence electrons. The minimum atomic E-state index is -0.315. The molecule has 13 heavy (non-hydrogen) atoms. The summed E-state index contributed by atoms with van der Waals surface area (Å²) >= 11 is 3.40. The zero-order valence-electron chi connectivity index (χ0n) is 7.50. The molecule has 1 rings (SSSR count). The van der Waals surface area contributed by atoms with Gasteiger partial charge < -0.3 is 0 Å². The highest BCUT2D eigenvalue weighted by Gasteiger charge is 2.08. The Labute approximate surface area is 85.0 Å². The van der Waals surface area contributed by atoms with Crippen LogP contribution in [-0.4, -0.2) is 4.92 Å². The molecule has 0 aliphatic heterocycles. The third-order valence-corrected chi connectivity index (χ3v) is 3.21. The van der Waals surface area contributed by atoms with Crippen LogP contribution in [0.5, 0.6) is 0 Å². The summed E-state index contributed by atoms with van der Waals surface area (Å²) in [6.07, 6.45) is 0. The van der Waals surface area contributed by atoms with Crippen LogP contribution in [0.15, 0.2) is 16.6 Å². The Morgan fingerprint density at radius 1 is 1.46 bits per heavy atom. The molecule has 1 aromatic rings. The molecule has 0 aromatic heterocycles. The van der Waals surface area contributed by atoms with Crippen molar-refractivity contribution in [3.05, 3.63) is 43.4 Å². The van der Waals surface area contributed by atoms with Crippen molar-refractivity contribution in [3.8, 4) is 0 Å². The smallest absolute Gasteiger partial charge is 0.229 e. The minimum absolute atomic E-state index is 0.106. The molecule has 3 nitrogen and oxygen atoms in total. The Morgan fingerprint density at radius 3 is 2.62 bits per heavy atom. The zero-order chi connectivity index (χ0) is 10.0. The van der Waals surface area contributed by atoms with E-state index in [2.05, 4.69) is 15.9 Å². The summed E-state index contributed by atoms with van der Waals surface area (Å²) in [7, 11) is 0. The standard InChI is InChI=1S/C9H10BrNO2/c1-6-3-4-8(5-11(12)13)7(2)9(6)10/h3-4H,5H2,1-2H3. The summed E-state index contributed by atoms with van der Waals surface area (Å²) in [4.78, 5) is 9.99. The zero-order valence-corrected chi connectivity index (χ0v) is 9.09. The number of nitro groups is 1. The molecule has 1 aromatic carbocycles. The van der Waals surface area contributed by atoms with Gasteiger partial charge in [-0.3, -0.25) is 10.1 Å². The van der Waals surface area contributed by atoms with E-state index < -0.39 is 0 Å². The normalized spacial score (nSPS) is 10.1. The van der Waals surface area contributed by atoms with E-state index in [1.165, 1.54) is 0 Å². The Kier molecular flexibility index (Phi) is 3.03. The second-order valence-electron chi connectivity index (χ2n) is 2.97. The van der Waals surface area contributed by atoms with Gasteiger partial charge in [0.2, 0.25) is 6.54 Å². The van der Waals surface area contributed by atoms with Gasteiger partial charge in [0.1, 0.15) is 0 Å². The van der Waals surface area contributed by atoms with Gasteiger partial charge in [0.25, 0.3) is 0 Å². The van der Waals surface area contributed by atoms with E-state index in [1.54, 1.807) is 6.07 Å². The molecule has 0 radical (unpaired) electrons. The van der Waals surface area contributed by atoms with Crippen LogP contribution in [0.1, 0.15) is 16.7 Å². The van der Waals surface area contributed by atoms with Crippen LogP contribution >= 0.6 is 15.9 Å². The van der Waals surface area contributed by atoms with Crippen LogP contribution in [0.25, 0.3) is 0 Å². The number of hydrogen-bond acceptors (Lipinski definition) is 2. The largest absolute Gasteiger partial charge is 0.264 e. The third kappa shape index (κ3) is 2.28.